The van der Waals surface area contributed by atoms with Crippen molar-refractivity contribution in [1.82, 2.24) is 9.80 Å². The molecule has 2 aromatic rings. The maximum absolute atomic E-state index is 13.4. The SMILES string of the molecule is Cl.NC1CCCN(C(=O)C2Cc3ccccc3CN2C(=O)c2ccccc2Cl)C1. The Morgan fingerprint density at radius 3 is 2.45 bits per heavy atom. The van der Waals surface area contributed by atoms with Gasteiger partial charge in [0.2, 0.25) is 5.91 Å². The largest absolute Gasteiger partial charge is 0.339 e. The van der Waals surface area contributed by atoms with Crippen LogP contribution in [0.25, 0.3) is 0 Å². The van der Waals surface area contributed by atoms with Crippen LogP contribution < -0.4 is 5.73 Å². The highest BCUT2D eigenvalue weighted by Crippen LogP contribution is 2.28. The van der Waals surface area contributed by atoms with Crippen molar-refractivity contribution >= 4 is 35.8 Å². The molecule has 2 amide bonds. The van der Waals surface area contributed by atoms with Gasteiger partial charge >= 0.3 is 0 Å². The number of nitrogens with zero attached hydrogens (tertiary/aromatic N) is 2. The molecule has 0 spiro atoms. The number of piperidine rings is 1. The van der Waals surface area contributed by atoms with Gasteiger partial charge in [0.1, 0.15) is 6.04 Å². The number of benzene rings is 2. The molecule has 2 aliphatic rings. The van der Waals surface area contributed by atoms with Crippen LogP contribution in [0.4, 0.5) is 0 Å². The molecule has 0 bridgehead atoms. The summed E-state index contributed by atoms with van der Waals surface area (Å²) in [5.74, 6) is -0.232. The lowest BCUT2D eigenvalue weighted by atomic mass is 9.92. The van der Waals surface area contributed by atoms with E-state index in [-0.39, 0.29) is 30.3 Å². The number of carbonyl (C=O) groups excluding carboxylic acids is 2. The summed E-state index contributed by atoms with van der Waals surface area (Å²) in [5.41, 5.74) is 8.70. The quantitative estimate of drug-likeness (QED) is 0.789. The number of halogens is 2. The smallest absolute Gasteiger partial charge is 0.256 e. The van der Waals surface area contributed by atoms with Crippen LogP contribution in [0.2, 0.25) is 5.02 Å². The Kier molecular flexibility index (Phi) is 6.83. The van der Waals surface area contributed by atoms with Crippen LogP contribution in [0, 0.1) is 0 Å². The van der Waals surface area contributed by atoms with E-state index in [1.807, 2.05) is 29.2 Å². The normalized spacial score (nSPS) is 21.2. The first-order valence-electron chi connectivity index (χ1n) is 9.71. The van der Waals surface area contributed by atoms with Gasteiger partial charge in [-0.2, -0.15) is 0 Å². The fraction of sp³-hybridized carbons (Fsp3) is 0.364. The standard InChI is InChI=1S/C22H24ClN3O2.ClH/c23-19-10-4-3-9-18(19)21(27)26-13-16-7-2-1-6-15(16)12-20(26)22(28)25-11-5-8-17(24)14-25;/h1-4,6-7,9-10,17,20H,5,8,11-14,24H2;1H. The van der Waals surface area contributed by atoms with Crippen molar-refractivity contribution in [2.45, 2.75) is 37.9 Å². The monoisotopic (exact) mass is 433 g/mol. The van der Waals surface area contributed by atoms with Crippen molar-refractivity contribution < 1.29 is 9.59 Å². The zero-order valence-electron chi connectivity index (χ0n) is 16.1. The number of likely N-dealkylation sites (tertiary alicyclic amines) is 1. The van der Waals surface area contributed by atoms with E-state index in [1.165, 1.54) is 0 Å². The molecule has 2 aromatic carbocycles. The van der Waals surface area contributed by atoms with E-state index >= 15 is 0 Å². The Morgan fingerprint density at radius 1 is 1.03 bits per heavy atom. The van der Waals surface area contributed by atoms with Gasteiger partial charge in [0.05, 0.1) is 10.6 Å². The summed E-state index contributed by atoms with van der Waals surface area (Å²) < 4.78 is 0. The van der Waals surface area contributed by atoms with E-state index in [0.717, 1.165) is 24.0 Å². The summed E-state index contributed by atoms with van der Waals surface area (Å²) in [5, 5.41) is 0.401. The minimum atomic E-state index is -0.538. The first kappa shape index (κ1) is 21.6. The highest BCUT2D eigenvalue weighted by molar-refractivity contribution is 6.33. The van der Waals surface area contributed by atoms with Gasteiger partial charge in [-0.3, -0.25) is 9.59 Å². The Morgan fingerprint density at radius 2 is 1.72 bits per heavy atom. The fourth-order valence-electron chi connectivity index (χ4n) is 4.17. The molecule has 1 saturated heterocycles. The lowest BCUT2D eigenvalue weighted by Gasteiger charge is -2.40. The van der Waals surface area contributed by atoms with Crippen LogP contribution in [0.15, 0.2) is 48.5 Å². The molecule has 154 valence electrons. The topological polar surface area (TPSA) is 66.6 Å². The zero-order valence-corrected chi connectivity index (χ0v) is 17.7. The Balaban J connectivity index is 0.00000240. The molecule has 2 atom stereocenters. The van der Waals surface area contributed by atoms with Crippen molar-refractivity contribution in [3.8, 4) is 0 Å². The predicted octanol–water partition coefficient (Wildman–Crippen LogP) is 3.28. The summed E-state index contributed by atoms with van der Waals surface area (Å²) in [4.78, 5) is 30.2. The maximum atomic E-state index is 13.4. The van der Waals surface area contributed by atoms with E-state index in [9.17, 15) is 9.59 Å². The minimum absolute atomic E-state index is 0. The number of amides is 2. The lowest BCUT2D eigenvalue weighted by molar-refractivity contribution is -0.137. The summed E-state index contributed by atoms with van der Waals surface area (Å²) >= 11 is 6.27. The van der Waals surface area contributed by atoms with E-state index in [1.54, 1.807) is 29.2 Å². The first-order valence-corrected chi connectivity index (χ1v) is 10.1. The Hall–Kier alpha value is -2.08. The molecule has 2 N–H and O–H groups in total. The minimum Gasteiger partial charge on any atom is -0.339 e. The second-order valence-electron chi connectivity index (χ2n) is 7.59. The zero-order chi connectivity index (χ0) is 19.7. The molecule has 2 unspecified atom stereocenters. The number of nitrogens with two attached hydrogens (primary N) is 1. The molecule has 0 saturated carbocycles. The van der Waals surface area contributed by atoms with Gasteiger partial charge in [-0.05, 0) is 36.1 Å². The molecule has 1 fully saturated rings. The number of hydrogen-bond donors (Lipinski definition) is 1. The van der Waals surface area contributed by atoms with Crippen LogP contribution in [0.3, 0.4) is 0 Å². The average Bonchev–Trinajstić information content (AvgIpc) is 2.72. The average molecular weight is 434 g/mol. The van der Waals surface area contributed by atoms with Crippen molar-refractivity contribution in [3.05, 3.63) is 70.2 Å². The molecule has 2 heterocycles. The van der Waals surface area contributed by atoms with Crippen LogP contribution >= 0.6 is 24.0 Å². The van der Waals surface area contributed by atoms with Gasteiger partial charge in [0.25, 0.3) is 5.91 Å². The Bertz CT molecular complexity index is 905. The molecule has 2 aliphatic heterocycles. The third-order valence-electron chi connectivity index (χ3n) is 5.67. The van der Waals surface area contributed by atoms with Crippen LogP contribution in [0.5, 0.6) is 0 Å². The summed E-state index contributed by atoms with van der Waals surface area (Å²) in [6.45, 7) is 1.64. The molecule has 5 nitrogen and oxygen atoms in total. The number of carbonyl (C=O) groups is 2. The van der Waals surface area contributed by atoms with Gasteiger partial charge in [-0.1, -0.05) is 48.0 Å². The van der Waals surface area contributed by atoms with Gasteiger partial charge in [0, 0.05) is 32.1 Å². The molecule has 0 aliphatic carbocycles. The fourth-order valence-corrected chi connectivity index (χ4v) is 4.38. The van der Waals surface area contributed by atoms with Crippen molar-refractivity contribution in [2.75, 3.05) is 13.1 Å². The second kappa shape index (κ2) is 9.16. The highest BCUT2D eigenvalue weighted by Gasteiger charge is 2.38. The van der Waals surface area contributed by atoms with E-state index < -0.39 is 6.04 Å². The molecular formula is C22H25Cl2N3O2. The lowest BCUT2D eigenvalue weighted by Crippen LogP contribution is -2.56. The van der Waals surface area contributed by atoms with E-state index in [4.69, 9.17) is 17.3 Å². The number of fused-ring (bicyclic) bond motifs is 1. The van der Waals surface area contributed by atoms with Crippen molar-refractivity contribution in [3.63, 3.8) is 0 Å². The first-order chi connectivity index (χ1) is 13.5. The molecular weight excluding hydrogens is 409 g/mol. The summed E-state index contributed by atoms with van der Waals surface area (Å²) in [7, 11) is 0. The molecule has 0 aromatic heterocycles. The van der Waals surface area contributed by atoms with Crippen LogP contribution in [0.1, 0.15) is 34.3 Å². The molecule has 7 heteroatoms. The van der Waals surface area contributed by atoms with E-state index in [0.29, 0.717) is 36.6 Å². The highest BCUT2D eigenvalue weighted by atomic mass is 35.5. The predicted molar refractivity (Wildman–Crippen MR) is 116 cm³/mol. The molecule has 29 heavy (non-hydrogen) atoms. The van der Waals surface area contributed by atoms with E-state index in [2.05, 4.69) is 0 Å². The second-order valence-corrected chi connectivity index (χ2v) is 8.00. The molecule has 4 rings (SSSR count). The van der Waals surface area contributed by atoms with Gasteiger partial charge in [-0.25, -0.2) is 0 Å². The third-order valence-corrected chi connectivity index (χ3v) is 6.00. The third kappa shape index (κ3) is 4.42. The van der Waals surface area contributed by atoms with Crippen molar-refractivity contribution in [2.24, 2.45) is 5.73 Å². The van der Waals surface area contributed by atoms with Crippen LogP contribution in [-0.2, 0) is 17.8 Å². The van der Waals surface area contributed by atoms with Gasteiger partial charge in [0.15, 0.2) is 0 Å². The van der Waals surface area contributed by atoms with Gasteiger partial charge in [-0.15, -0.1) is 12.4 Å². The summed E-state index contributed by atoms with van der Waals surface area (Å²) in [6, 6.07) is 14.4. The number of hydrogen-bond acceptors (Lipinski definition) is 3. The van der Waals surface area contributed by atoms with Gasteiger partial charge < -0.3 is 15.5 Å². The maximum Gasteiger partial charge on any atom is 0.256 e. The van der Waals surface area contributed by atoms with Crippen molar-refractivity contribution in [1.29, 1.82) is 0 Å². The summed E-state index contributed by atoms with van der Waals surface area (Å²) in [6.07, 6.45) is 2.34. The number of rotatable bonds is 2. The Labute approximate surface area is 182 Å². The van der Waals surface area contributed by atoms with Crippen LogP contribution in [-0.4, -0.2) is 46.8 Å². The molecule has 0 radical (unpaired) electrons.